The molecular formula is C17H12F3N5O. The number of rotatable bonds is 1. The van der Waals surface area contributed by atoms with Gasteiger partial charge in [0.05, 0.1) is 28.9 Å². The highest BCUT2D eigenvalue weighted by molar-refractivity contribution is 5.98. The van der Waals surface area contributed by atoms with Crippen LogP contribution < -0.4 is 10.2 Å². The first-order valence-corrected chi connectivity index (χ1v) is 7.89. The summed E-state index contributed by atoms with van der Waals surface area (Å²) in [6.45, 7) is 0.929. The Bertz CT molecular complexity index is 964. The SMILES string of the molecule is N#Cc1cc2c(nc1N1CCc3ncc(C(F)(F)F)cc3C1)CNC2=O. The smallest absolute Gasteiger partial charge is 0.351 e. The zero-order chi connectivity index (χ0) is 18.5. The van der Waals surface area contributed by atoms with Gasteiger partial charge in [0.25, 0.3) is 5.91 Å². The van der Waals surface area contributed by atoms with Gasteiger partial charge in [0.2, 0.25) is 0 Å². The molecule has 0 saturated carbocycles. The minimum Gasteiger partial charge on any atom is -0.351 e. The fourth-order valence-corrected chi connectivity index (χ4v) is 3.22. The van der Waals surface area contributed by atoms with Crippen molar-refractivity contribution in [3.05, 3.63) is 52.0 Å². The van der Waals surface area contributed by atoms with Crippen molar-refractivity contribution in [2.45, 2.75) is 25.7 Å². The van der Waals surface area contributed by atoms with E-state index < -0.39 is 11.7 Å². The van der Waals surface area contributed by atoms with E-state index in [0.29, 0.717) is 41.3 Å². The maximum Gasteiger partial charge on any atom is 0.417 e. The van der Waals surface area contributed by atoms with Gasteiger partial charge in [0.15, 0.2) is 0 Å². The second-order valence-electron chi connectivity index (χ2n) is 6.15. The molecule has 26 heavy (non-hydrogen) atoms. The van der Waals surface area contributed by atoms with Crippen LogP contribution in [0, 0.1) is 11.3 Å². The summed E-state index contributed by atoms with van der Waals surface area (Å²) >= 11 is 0. The molecule has 1 amide bonds. The molecule has 0 fully saturated rings. The predicted octanol–water partition coefficient (Wildman–Crippen LogP) is 2.17. The van der Waals surface area contributed by atoms with Crippen LogP contribution in [0.3, 0.4) is 0 Å². The number of pyridine rings is 2. The Morgan fingerprint density at radius 3 is 2.81 bits per heavy atom. The van der Waals surface area contributed by atoms with Crippen molar-refractivity contribution >= 4 is 11.7 Å². The first-order valence-electron chi connectivity index (χ1n) is 7.89. The number of nitrogens with one attached hydrogen (secondary N) is 1. The van der Waals surface area contributed by atoms with E-state index in [-0.39, 0.29) is 24.6 Å². The summed E-state index contributed by atoms with van der Waals surface area (Å²) in [6.07, 6.45) is -3.16. The molecular weight excluding hydrogens is 347 g/mol. The van der Waals surface area contributed by atoms with Crippen LogP contribution in [0.1, 0.15) is 38.4 Å². The van der Waals surface area contributed by atoms with Gasteiger partial charge in [-0.2, -0.15) is 18.4 Å². The van der Waals surface area contributed by atoms with E-state index in [1.54, 1.807) is 4.90 Å². The van der Waals surface area contributed by atoms with Crippen LogP contribution in [0.2, 0.25) is 0 Å². The third-order valence-electron chi connectivity index (χ3n) is 4.53. The van der Waals surface area contributed by atoms with Crippen molar-refractivity contribution in [1.82, 2.24) is 15.3 Å². The molecule has 4 heterocycles. The molecule has 0 spiro atoms. The summed E-state index contributed by atoms with van der Waals surface area (Å²) in [6, 6.07) is 4.61. The van der Waals surface area contributed by atoms with Crippen LogP contribution in [0.4, 0.5) is 19.0 Å². The molecule has 0 unspecified atom stereocenters. The van der Waals surface area contributed by atoms with Crippen molar-refractivity contribution in [2.75, 3.05) is 11.4 Å². The Morgan fingerprint density at radius 1 is 1.27 bits per heavy atom. The van der Waals surface area contributed by atoms with E-state index in [0.717, 1.165) is 12.3 Å². The largest absolute Gasteiger partial charge is 0.417 e. The number of aromatic nitrogens is 2. The van der Waals surface area contributed by atoms with Crippen LogP contribution in [0.5, 0.6) is 0 Å². The summed E-state index contributed by atoms with van der Waals surface area (Å²) in [5, 5.41) is 12.0. The maximum absolute atomic E-state index is 12.9. The lowest BCUT2D eigenvalue weighted by atomic mass is 10.0. The molecule has 0 bridgehead atoms. The number of nitriles is 1. The van der Waals surface area contributed by atoms with Gasteiger partial charge in [0.1, 0.15) is 11.9 Å². The topological polar surface area (TPSA) is 81.9 Å². The summed E-state index contributed by atoms with van der Waals surface area (Å²) in [7, 11) is 0. The van der Waals surface area contributed by atoms with E-state index >= 15 is 0 Å². The van der Waals surface area contributed by atoms with Crippen LogP contribution in [0.25, 0.3) is 0 Å². The first-order chi connectivity index (χ1) is 12.4. The van der Waals surface area contributed by atoms with Gasteiger partial charge in [-0.15, -0.1) is 0 Å². The van der Waals surface area contributed by atoms with Crippen molar-refractivity contribution in [3.8, 4) is 6.07 Å². The predicted molar refractivity (Wildman–Crippen MR) is 84.1 cm³/mol. The maximum atomic E-state index is 12.9. The molecule has 4 rings (SSSR count). The average molecular weight is 359 g/mol. The second-order valence-corrected chi connectivity index (χ2v) is 6.15. The zero-order valence-corrected chi connectivity index (χ0v) is 13.4. The number of nitrogens with zero attached hydrogens (tertiary/aromatic N) is 4. The van der Waals surface area contributed by atoms with Crippen LogP contribution in [-0.4, -0.2) is 22.4 Å². The van der Waals surface area contributed by atoms with Crippen molar-refractivity contribution in [1.29, 1.82) is 5.26 Å². The molecule has 2 aliphatic heterocycles. The second kappa shape index (κ2) is 5.69. The lowest BCUT2D eigenvalue weighted by Gasteiger charge is -2.30. The third-order valence-corrected chi connectivity index (χ3v) is 4.53. The molecule has 0 atom stereocenters. The number of carbonyl (C=O) groups is 1. The Balaban J connectivity index is 1.71. The summed E-state index contributed by atoms with van der Waals surface area (Å²) in [5.41, 5.74) is 1.41. The summed E-state index contributed by atoms with van der Waals surface area (Å²) in [4.78, 5) is 21.8. The van der Waals surface area contributed by atoms with E-state index in [2.05, 4.69) is 15.3 Å². The Morgan fingerprint density at radius 2 is 2.08 bits per heavy atom. The fourth-order valence-electron chi connectivity index (χ4n) is 3.22. The Labute approximate surface area is 146 Å². The number of anilines is 1. The minimum atomic E-state index is -4.46. The monoisotopic (exact) mass is 359 g/mol. The van der Waals surface area contributed by atoms with Gasteiger partial charge in [-0.1, -0.05) is 0 Å². The van der Waals surface area contributed by atoms with Crippen molar-refractivity contribution in [3.63, 3.8) is 0 Å². The Hall–Kier alpha value is -3.15. The molecule has 0 aliphatic carbocycles. The number of alkyl halides is 3. The van der Waals surface area contributed by atoms with Crippen LogP contribution >= 0.6 is 0 Å². The molecule has 0 radical (unpaired) electrons. The molecule has 132 valence electrons. The Kier molecular flexibility index (Phi) is 3.57. The lowest BCUT2D eigenvalue weighted by molar-refractivity contribution is -0.137. The number of hydrogen-bond acceptors (Lipinski definition) is 5. The molecule has 9 heteroatoms. The van der Waals surface area contributed by atoms with E-state index in [1.807, 2.05) is 6.07 Å². The van der Waals surface area contributed by atoms with Crippen LogP contribution in [0.15, 0.2) is 18.3 Å². The van der Waals surface area contributed by atoms with Gasteiger partial charge in [-0.25, -0.2) is 4.98 Å². The van der Waals surface area contributed by atoms with E-state index in [1.165, 1.54) is 6.07 Å². The number of amides is 1. The normalized spacial score (nSPS) is 15.9. The standard InChI is InChI=1S/C17H12F3N5O/c18-17(19,20)11-3-10-8-25(2-1-13(10)22-6-11)15-9(5-21)4-12-14(24-15)7-23-16(12)26/h3-4,6H,1-2,7-8H2,(H,23,26). The molecule has 0 aromatic carbocycles. The number of fused-ring (bicyclic) bond motifs is 2. The first kappa shape index (κ1) is 16.3. The molecule has 6 nitrogen and oxygen atoms in total. The van der Waals surface area contributed by atoms with Gasteiger partial charge < -0.3 is 10.2 Å². The molecule has 2 aromatic heterocycles. The number of carbonyl (C=O) groups excluding carboxylic acids is 1. The average Bonchev–Trinajstić information content (AvgIpc) is 2.99. The lowest BCUT2D eigenvalue weighted by Crippen LogP contribution is -2.33. The summed E-state index contributed by atoms with van der Waals surface area (Å²) < 4.78 is 38.8. The van der Waals surface area contributed by atoms with Gasteiger partial charge in [-0.05, 0) is 17.7 Å². The van der Waals surface area contributed by atoms with Crippen molar-refractivity contribution in [2.24, 2.45) is 0 Å². The van der Waals surface area contributed by atoms with Gasteiger partial charge in [-0.3, -0.25) is 9.78 Å². The number of hydrogen-bond donors (Lipinski definition) is 1. The zero-order valence-electron chi connectivity index (χ0n) is 13.4. The fraction of sp³-hybridized carbons (Fsp3) is 0.294. The molecule has 2 aliphatic rings. The summed E-state index contributed by atoms with van der Waals surface area (Å²) in [5.74, 6) is 0.101. The highest BCUT2D eigenvalue weighted by Gasteiger charge is 2.33. The van der Waals surface area contributed by atoms with E-state index in [4.69, 9.17) is 0 Å². The van der Waals surface area contributed by atoms with Gasteiger partial charge >= 0.3 is 6.18 Å². The highest BCUT2D eigenvalue weighted by Crippen LogP contribution is 2.32. The molecule has 0 saturated heterocycles. The third kappa shape index (κ3) is 2.63. The highest BCUT2D eigenvalue weighted by atomic mass is 19.4. The van der Waals surface area contributed by atoms with E-state index in [9.17, 15) is 23.2 Å². The molecule has 2 aromatic rings. The number of halogens is 3. The van der Waals surface area contributed by atoms with Gasteiger partial charge in [0, 0.05) is 31.4 Å². The quantitative estimate of drug-likeness (QED) is 0.844. The molecule has 1 N–H and O–H groups in total. The minimum absolute atomic E-state index is 0.175. The van der Waals surface area contributed by atoms with Crippen LogP contribution in [-0.2, 0) is 25.7 Å². The van der Waals surface area contributed by atoms with Crippen molar-refractivity contribution < 1.29 is 18.0 Å².